The number of thiocarbonyl (C=S) groups is 2. The zero-order chi connectivity index (χ0) is 16.8. The number of rotatable bonds is 5. The molecule has 0 heterocycles. The number of hydrogen-bond donors (Lipinski definition) is 2. The first kappa shape index (κ1) is 19.5. The van der Waals surface area contributed by atoms with E-state index >= 15 is 0 Å². The summed E-state index contributed by atoms with van der Waals surface area (Å²) in [5, 5.41) is 8.86. The molecular formula is C11H22N6O2S2+2. The highest BCUT2D eigenvalue weighted by molar-refractivity contribution is 7.80. The average molecular weight is 334 g/mol. The van der Waals surface area contributed by atoms with E-state index in [0.717, 1.165) is 0 Å². The molecule has 0 saturated heterocycles. The van der Waals surface area contributed by atoms with E-state index in [-0.39, 0.29) is 26.0 Å². The van der Waals surface area contributed by atoms with E-state index in [9.17, 15) is 4.79 Å². The zero-order valence-corrected chi connectivity index (χ0v) is 14.5. The van der Waals surface area contributed by atoms with Crippen LogP contribution in [0.1, 0.15) is 6.92 Å². The fourth-order valence-electron chi connectivity index (χ4n) is 0.906. The minimum absolute atomic E-state index is 0.0551. The van der Waals surface area contributed by atoms with Crippen LogP contribution in [0.15, 0.2) is 10.2 Å². The van der Waals surface area contributed by atoms with E-state index in [1.54, 1.807) is 28.2 Å². The summed E-state index contributed by atoms with van der Waals surface area (Å²) in [5.41, 5.74) is 11.6. The monoisotopic (exact) mass is 334 g/mol. The number of quaternary nitrogens is 2. The minimum Gasteiger partial charge on any atom is -0.459 e. The Hall–Kier alpha value is -1.49. The standard InChI is InChI=1S/C11H20N6O2S2/c1-8(18)19-7-9(15-17(4,5)11(13)21)6-14-16(2,3)10(12)20/h6H,7H2,1-5H3,(H2-2,12,13,20,21)/p+2/b14-6+,15-9-. The van der Waals surface area contributed by atoms with Gasteiger partial charge >= 0.3 is 5.97 Å². The number of carbonyl (C=O) groups excluding carboxylic acids is 1. The van der Waals surface area contributed by atoms with Crippen LogP contribution in [0.5, 0.6) is 0 Å². The van der Waals surface area contributed by atoms with Crippen molar-refractivity contribution in [1.29, 1.82) is 0 Å². The quantitative estimate of drug-likeness (QED) is 0.232. The van der Waals surface area contributed by atoms with Gasteiger partial charge in [-0.2, -0.15) is 0 Å². The van der Waals surface area contributed by atoms with Gasteiger partial charge in [0.1, 0.15) is 12.8 Å². The van der Waals surface area contributed by atoms with Crippen LogP contribution in [0.4, 0.5) is 0 Å². The van der Waals surface area contributed by atoms with Crippen molar-refractivity contribution >= 4 is 52.6 Å². The Labute approximate surface area is 135 Å². The third kappa shape index (κ3) is 7.18. The lowest BCUT2D eigenvalue weighted by Gasteiger charge is -2.21. The predicted molar refractivity (Wildman–Crippen MR) is 90.3 cm³/mol. The molecule has 0 aliphatic heterocycles. The van der Waals surface area contributed by atoms with Crippen molar-refractivity contribution in [2.24, 2.45) is 21.7 Å². The summed E-state index contributed by atoms with van der Waals surface area (Å²) in [6.45, 7) is 1.25. The van der Waals surface area contributed by atoms with Crippen LogP contribution >= 0.6 is 24.4 Å². The maximum absolute atomic E-state index is 10.9. The van der Waals surface area contributed by atoms with Gasteiger partial charge in [-0.05, 0) is 0 Å². The normalized spacial score (nSPS) is 13.3. The molecule has 0 aliphatic rings. The number of nitrogens with zero attached hydrogens (tertiary/aromatic N) is 4. The Morgan fingerprint density at radius 2 is 1.62 bits per heavy atom. The molecule has 118 valence electrons. The molecule has 8 nitrogen and oxygen atoms in total. The second kappa shape index (κ2) is 7.50. The van der Waals surface area contributed by atoms with Crippen LogP contribution in [0.2, 0.25) is 0 Å². The number of esters is 1. The van der Waals surface area contributed by atoms with Gasteiger partial charge in [-0.1, -0.05) is 10.2 Å². The van der Waals surface area contributed by atoms with Crippen molar-refractivity contribution in [3.63, 3.8) is 0 Å². The minimum atomic E-state index is -0.431. The second-order valence-electron chi connectivity index (χ2n) is 5.08. The molecule has 0 aliphatic carbocycles. The Bertz CT molecular complexity index is 499. The molecule has 0 spiro atoms. The second-order valence-corrected chi connectivity index (χ2v) is 5.92. The molecule has 0 atom stereocenters. The number of ether oxygens (including phenoxy) is 1. The average Bonchev–Trinajstić information content (AvgIpc) is 2.32. The summed E-state index contributed by atoms with van der Waals surface area (Å²) in [7, 11) is 6.79. The lowest BCUT2D eigenvalue weighted by molar-refractivity contribution is -0.805. The SMILES string of the molecule is CC(=O)OCC(/C=N/[N+](C)(C)C(N)=S)=N\[N+](C)(C)C(N)=S. The molecule has 0 aromatic heterocycles. The molecule has 10 heteroatoms. The molecule has 0 aromatic rings. The van der Waals surface area contributed by atoms with Crippen molar-refractivity contribution in [2.75, 3.05) is 34.8 Å². The first-order valence-corrected chi connectivity index (χ1v) is 6.76. The lowest BCUT2D eigenvalue weighted by Crippen LogP contribution is -2.46. The van der Waals surface area contributed by atoms with Gasteiger partial charge in [0.15, 0.2) is 5.71 Å². The summed E-state index contributed by atoms with van der Waals surface area (Å²) >= 11 is 9.84. The predicted octanol–water partition coefficient (Wildman–Crippen LogP) is -0.469. The summed E-state index contributed by atoms with van der Waals surface area (Å²) in [6.07, 6.45) is 1.43. The van der Waals surface area contributed by atoms with Gasteiger partial charge in [-0.3, -0.25) is 4.79 Å². The van der Waals surface area contributed by atoms with Crippen LogP contribution in [0.25, 0.3) is 0 Å². The summed E-state index contributed by atoms with van der Waals surface area (Å²) < 4.78 is 4.77. The van der Waals surface area contributed by atoms with E-state index in [1.165, 1.54) is 13.1 Å². The highest BCUT2D eigenvalue weighted by atomic mass is 32.1. The van der Waals surface area contributed by atoms with Crippen molar-refractivity contribution in [1.82, 2.24) is 0 Å². The highest BCUT2D eigenvalue weighted by Crippen LogP contribution is 2.01. The molecule has 0 aromatic carbocycles. The van der Waals surface area contributed by atoms with Gasteiger partial charge in [0.25, 0.3) is 10.2 Å². The topological polar surface area (TPSA) is 103 Å². The molecule has 0 amide bonds. The van der Waals surface area contributed by atoms with Crippen molar-refractivity contribution in [3.8, 4) is 0 Å². The van der Waals surface area contributed by atoms with E-state index in [1.807, 2.05) is 0 Å². The number of nitrogens with two attached hydrogens (primary N) is 2. The first-order chi connectivity index (χ1) is 9.38. The fraction of sp³-hybridized carbons (Fsp3) is 0.545. The molecule has 4 N–H and O–H groups in total. The lowest BCUT2D eigenvalue weighted by atomic mass is 10.4. The Kier molecular flexibility index (Phi) is 6.97. The van der Waals surface area contributed by atoms with E-state index in [4.69, 9.17) is 40.6 Å². The molecule has 0 rings (SSSR count). The van der Waals surface area contributed by atoms with Crippen molar-refractivity contribution < 1.29 is 18.7 Å². The van der Waals surface area contributed by atoms with Gasteiger partial charge in [0, 0.05) is 31.4 Å². The van der Waals surface area contributed by atoms with Crippen LogP contribution in [-0.4, -0.2) is 72.1 Å². The van der Waals surface area contributed by atoms with Gasteiger partial charge in [0.05, 0.1) is 28.2 Å². The molecular weight excluding hydrogens is 312 g/mol. The Balaban J connectivity index is 5.39. The first-order valence-electron chi connectivity index (χ1n) is 5.94. The Morgan fingerprint density at radius 1 is 1.14 bits per heavy atom. The number of carbonyl (C=O) groups is 1. The van der Waals surface area contributed by atoms with Crippen LogP contribution < -0.4 is 11.5 Å². The van der Waals surface area contributed by atoms with Crippen LogP contribution in [0, 0.1) is 0 Å². The maximum Gasteiger partial charge on any atom is 0.303 e. The van der Waals surface area contributed by atoms with Gasteiger partial charge in [-0.15, -0.1) is 9.18 Å². The molecule has 0 saturated carbocycles. The zero-order valence-electron chi connectivity index (χ0n) is 12.9. The van der Waals surface area contributed by atoms with Crippen LogP contribution in [-0.2, 0) is 9.53 Å². The van der Waals surface area contributed by atoms with Crippen LogP contribution in [0.3, 0.4) is 0 Å². The largest absolute Gasteiger partial charge is 0.459 e. The summed E-state index contributed by atoms with van der Waals surface area (Å²) in [5.74, 6) is -0.431. The van der Waals surface area contributed by atoms with E-state index in [0.29, 0.717) is 5.71 Å². The third-order valence-corrected chi connectivity index (χ3v) is 3.27. The molecule has 0 unspecified atom stereocenters. The fourth-order valence-corrected chi connectivity index (χ4v) is 0.994. The van der Waals surface area contributed by atoms with Gasteiger partial charge < -0.3 is 16.2 Å². The summed E-state index contributed by atoms with van der Waals surface area (Å²) in [6, 6.07) is 0. The van der Waals surface area contributed by atoms with Gasteiger partial charge in [-0.25, -0.2) is 0 Å². The van der Waals surface area contributed by atoms with Crippen molar-refractivity contribution in [3.05, 3.63) is 0 Å². The Morgan fingerprint density at radius 3 is 2.00 bits per heavy atom. The summed E-state index contributed by atoms with van der Waals surface area (Å²) in [4.78, 5) is 10.9. The maximum atomic E-state index is 10.9. The third-order valence-electron chi connectivity index (χ3n) is 2.38. The van der Waals surface area contributed by atoms with Crippen molar-refractivity contribution in [2.45, 2.75) is 6.92 Å². The van der Waals surface area contributed by atoms with E-state index < -0.39 is 5.97 Å². The van der Waals surface area contributed by atoms with E-state index in [2.05, 4.69) is 10.2 Å². The van der Waals surface area contributed by atoms with Gasteiger partial charge in [0.2, 0.25) is 0 Å². The number of hydrogen-bond acceptors (Lipinski definition) is 6. The molecule has 0 radical (unpaired) electrons. The highest BCUT2D eigenvalue weighted by Gasteiger charge is 2.22. The molecule has 0 fully saturated rings. The molecule has 0 bridgehead atoms. The smallest absolute Gasteiger partial charge is 0.303 e. The molecule has 21 heavy (non-hydrogen) atoms.